The van der Waals surface area contributed by atoms with Gasteiger partial charge >= 0.3 is 0 Å². The lowest BCUT2D eigenvalue weighted by molar-refractivity contribution is 0.0608. The minimum Gasteiger partial charge on any atom is -0.508 e. The van der Waals surface area contributed by atoms with Crippen LogP contribution in [0.1, 0.15) is 55.3 Å². The molecular formula is C21H21N3O5. The van der Waals surface area contributed by atoms with E-state index in [1.807, 2.05) is 0 Å². The van der Waals surface area contributed by atoms with Crippen molar-refractivity contribution >= 4 is 23.6 Å². The van der Waals surface area contributed by atoms with Crippen molar-refractivity contribution in [3.05, 3.63) is 64.7 Å². The molecule has 0 radical (unpaired) electrons. The summed E-state index contributed by atoms with van der Waals surface area (Å²) in [5.74, 6) is -1.56. The van der Waals surface area contributed by atoms with Crippen LogP contribution in [-0.2, 0) is 0 Å². The maximum atomic E-state index is 12.4. The minimum atomic E-state index is -0.414. The Morgan fingerprint density at radius 3 is 2.07 bits per heavy atom. The standard InChI is InChI=1S/C21H21N3O5/c1-12(2)24-20(28)16-7-6-14(11-17(16)21(24)29)19(27)23-9-8-22-18(26)13-4-3-5-15(25)10-13/h3-7,10-12,25H,8-9H2,1-2H3,(H,22,26)(H,23,27). The number of amides is 4. The molecule has 0 unspecified atom stereocenters. The second-order valence-corrected chi connectivity index (χ2v) is 6.90. The molecule has 1 aliphatic rings. The van der Waals surface area contributed by atoms with Crippen LogP contribution in [0.3, 0.4) is 0 Å². The Kier molecular flexibility index (Phi) is 5.63. The second-order valence-electron chi connectivity index (χ2n) is 6.90. The Morgan fingerprint density at radius 2 is 1.48 bits per heavy atom. The molecule has 29 heavy (non-hydrogen) atoms. The molecule has 4 amide bonds. The van der Waals surface area contributed by atoms with Gasteiger partial charge in [0.15, 0.2) is 0 Å². The number of rotatable bonds is 6. The van der Waals surface area contributed by atoms with E-state index in [-0.39, 0.29) is 47.8 Å². The molecular weight excluding hydrogens is 374 g/mol. The topological polar surface area (TPSA) is 116 Å². The van der Waals surface area contributed by atoms with E-state index in [1.54, 1.807) is 26.0 Å². The van der Waals surface area contributed by atoms with Crippen molar-refractivity contribution in [2.75, 3.05) is 13.1 Å². The smallest absolute Gasteiger partial charge is 0.261 e. The lowest BCUT2D eigenvalue weighted by atomic mass is 10.1. The van der Waals surface area contributed by atoms with E-state index >= 15 is 0 Å². The highest BCUT2D eigenvalue weighted by Crippen LogP contribution is 2.25. The zero-order chi connectivity index (χ0) is 21.1. The zero-order valence-corrected chi connectivity index (χ0v) is 16.1. The number of nitrogens with one attached hydrogen (secondary N) is 2. The van der Waals surface area contributed by atoms with Crippen molar-refractivity contribution in [1.82, 2.24) is 15.5 Å². The average Bonchev–Trinajstić information content (AvgIpc) is 2.95. The first-order valence-corrected chi connectivity index (χ1v) is 9.17. The fourth-order valence-electron chi connectivity index (χ4n) is 3.07. The van der Waals surface area contributed by atoms with Gasteiger partial charge < -0.3 is 15.7 Å². The summed E-state index contributed by atoms with van der Waals surface area (Å²) in [7, 11) is 0. The third-order valence-corrected chi connectivity index (χ3v) is 4.50. The fourth-order valence-corrected chi connectivity index (χ4v) is 3.07. The molecule has 0 aromatic heterocycles. The number of phenolic OH excluding ortho intramolecular Hbond substituents is 1. The predicted molar refractivity (Wildman–Crippen MR) is 105 cm³/mol. The molecule has 150 valence electrons. The summed E-state index contributed by atoms with van der Waals surface area (Å²) in [6.45, 7) is 3.86. The molecule has 0 fully saturated rings. The molecule has 0 saturated carbocycles. The highest BCUT2D eigenvalue weighted by atomic mass is 16.3. The van der Waals surface area contributed by atoms with Gasteiger partial charge in [0.2, 0.25) is 0 Å². The molecule has 8 nitrogen and oxygen atoms in total. The van der Waals surface area contributed by atoms with Crippen LogP contribution in [0.25, 0.3) is 0 Å². The van der Waals surface area contributed by atoms with Crippen molar-refractivity contribution < 1.29 is 24.3 Å². The predicted octanol–water partition coefficient (Wildman–Crippen LogP) is 1.56. The normalized spacial score (nSPS) is 12.9. The van der Waals surface area contributed by atoms with E-state index in [9.17, 15) is 24.3 Å². The number of benzene rings is 2. The van der Waals surface area contributed by atoms with Gasteiger partial charge in [-0.25, -0.2) is 0 Å². The molecule has 0 spiro atoms. The summed E-state index contributed by atoms with van der Waals surface area (Å²) in [4.78, 5) is 50.2. The quantitative estimate of drug-likeness (QED) is 0.507. The van der Waals surface area contributed by atoms with E-state index in [4.69, 9.17) is 0 Å². The minimum absolute atomic E-state index is 0.00776. The molecule has 0 atom stereocenters. The van der Waals surface area contributed by atoms with Crippen LogP contribution in [-0.4, -0.2) is 52.8 Å². The van der Waals surface area contributed by atoms with Crippen LogP contribution in [0.15, 0.2) is 42.5 Å². The first-order chi connectivity index (χ1) is 13.8. The van der Waals surface area contributed by atoms with Gasteiger partial charge in [-0.05, 0) is 50.2 Å². The Hall–Kier alpha value is -3.68. The van der Waals surface area contributed by atoms with E-state index in [0.717, 1.165) is 0 Å². The molecule has 3 rings (SSSR count). The summed E-state index contributed by atoms with van der Waals surface area (Å²) in [6, 6.07) is 10.1. The lowest BCUT2D eigenvalue weighted by Crippen LogP contribution is -2.36. The van der Waals surface area contributed by atoms with Gasteiger partial charge in [-0.15, -0.1) is 0 Å². The van der Waals surface area contributed by atoms with Crippen LogP contribution < -0.4 is 10.6 Å². The van der Waals surface area contributed by atoms with Crippen molar-refractivity contribution in [2.45, 2.75) is 19.9 Å². The van der Waals surface area contributed by atoms with E-state index in [0.29, 0.717) is 11.1 Å². The molecule has 2 aromatic rings. The van der Waals surface area contributed by atoms with Crippen molar-refractivity contribution in [2.24, 2.45) is 0 Å². The number of carbonyl (C=O) groups is 4. The van der Waals surface area contributed by atoms with Gasteiger partial charge in [-0.1, -0.05) is 6.07 Å². The number of imide groups is 1. The molecule has 3 N–H and O–H groups in total. The third-order valence-electron chi connectivity index (χ3n) is 4.50. The number of hydrogen-bond donors (Lipinski definition) is 3. The number of aromatic hydroxyl groups is 1. The highest BCUT2D eigenvalue weighted by molar-refractivity contribution is 6.22. The molecule has 0 aliphatic carbocycles. The number of fused-ring (bicyclic) bond motifs is 1. The second kappa shape index (κ2) is 8.14. The van der Waals surface area contributed by atoms with Crippen molar-refractivity contribution in [3.8, 4) is 5.75 Å². The summed E-state index contributed by atoms with van der Waals surface area (Å²) >= 11 is 0. The number of carbonyl (C=O) groups excluding carboxylic acids is 4. The monoisotopic (exact) mass is 395 g/mol. The summed E-state index contributed by atoms with van der Waals surface area (Å²) in [6.07, 6.45) is 0. The zero-order valence-electron chi connectivity index (χ0n) is 16.1. The summed E-state index contributed by atoms with van der Waals surface area (Å²) in [5.41, 5.74) is 1.08. The summed E-state index contributed by atoms with van der Waals surface area (Å²) < 4.78 is 0. The SMILES string of the molecule is CC(C)N1C(=O)c2ccc(C(=O)NCCNC(=O)c3cccc(O)c3)cc2C1=O. The largest absolute Gasteiger partial charge is 0.508 e. The molecule has 2 aromatic carbocycles. The van der Waals surface area contributed by atoms with Crippen molar-refractivity contribution in [3.63, 3.8) is 0 Å². The Morgan fingerprint density at radius 1 is 0.897 bits per heavy atom. The number of nitrogens with zero attached hydrogens (tertiary/aromatic N) is 1. The summed E-state index contributed by atoms with van der Waals surface area (Å²) in [5, 5.41) is 14.7. The number of phenols is 1. The first kappa shape index (κ1) is 20.1. The van der Waals surface area contributed by atoms with Crippen LogP contribution in [0.5, 0.6) is 5.75 Å². The first-order valence-electron chi connectivity index (χ1n) is 9.17. The highest BCUT2D eigenvalue weighted by Gasteiger charge is 2.37. The van der Waals surface area contributed by atoms with Gasteiger partial charge in [-0.2, -0.15) is 0 Å². The van der Waals surface area contributed by atoms with Crippen LogP contribution >= 0.6 is 0 Å². The molecule has 0 bridgehead atoms. The van der Waals surface area contributed by atoms with Crippen molar-refractivity contribution in [1.29, 1.82) is 0 Å². The van der Waals surface area contributed by atoms with Gasteiger partial charge in [0.05, 0.1) is 11.1 Å². The Balaban J connectivity index is 1.57. The van der Waals surface area contributed by atoms with Crippen LogP contribution in [0.4, 0.5) is 0 Å². The van der Waals surface area contributed by atoms with E-state index in [1.165, 1.54) is 35.2 Å². The maximum absolute atomic E-state index is 12.4. The van der Waals surface area contributed by atoms with Gasteiger partial charge in [0, 0.05) is 30.3 Å². The Bertz CT molecular complexity index is 1000. The van der Waals surface area contributed by atoms with E-state index < -0.39 is 11.8 Å². The maximum Gasteiger partial charge on any atom is 0.261 e. The molecule has 1 aliphatic heterocycles. The average molecular weight is 395 g/mol. The fraction of sp³-hybridized carbons (Fsp3) is 0.238. The van der Waals surface area contributed by atoms with Gasteiger partial charge in [0.1, 0.15) is 5.75 Å². The van der Waals surface area contributed by atoms with E-state index in [2.05, 4.69) is 10.6 Å². The lowest BCUT2D eigenvalue weighted by Gasteiger charge is -2.17. The molecule has 8 heteroatoms. The van der Waals surface area contributed by atoms with Crippen LogP contribution in [0, 0.1) is 0 Å². The van der Waals surface area contributed by atoms with Gasteiger partial charge in [-0.3, -0.25) is 24.1 Å². The third kappa shape index (κ3) is 4.11. The molecule has 0 saturated heterocycles. The molecule has 1 heterocycles. The number of hydrogen-bond acceptors (Lipinski definition) is 5. The van der Waals surface area contributed by atoms with Crippen LogP contribution in [0.2, 0.25) is 0 Å². The van der Waals surface area contributed by atoms with Gasteiger partial charge in [0.25, 0.3) is 23.6 Å². The Labute approximate surface area is 167 Å².